The molecule has 0 radical (unpaired) electrons. The number of alkyl carbamates (subject to hydrolysis) is 1. The zero-order valence-electron chi connectivity index (χ0n) is 22.7. The second-order valence-electron chi connectivity index (χ2n) is 10.0. The minimum atomic E-state index is -3.97. The minimum absolute atomic E-state index is 0.0649. The molecule has 10 heteroatoms. The Morgan fingerprint density at radius 3 is 2.54 bits per heavy atom. The highest BCUT2D eigenvalue weighted by atomic mass is 32.2. The van der Waals surface area contributed by atoms with Gasteiger partial charge in [0.05, 0.1) is 36.3 Å². The van der Waals surface area contributed by atoms with Crippen LogP contribution in [0.25, 0.3) is 0 Å². The Labute approximate surface area is 231 Å². The number of nitriles is 1. The molecule has 0 bridgehead atoms. The Morgan fingerprint density at radius 2 is 1.92 bits per heavy atom. The quantitative estimate of drug-likeness (QED) is 0.361. The summed E-state index contributed by atoms with van der Waals surface area (Å²) in [6.07, 6.45) is 0.150. The van der Waals surface area contributed by atoms with Crippen LogP contribution in [-0.4, -0.2) is 68.5 Å². The number of rotatable bonds is 14. The maximum Gasteiger partial charge on any atom is 0.407 e. The van der Waals surface area contributed by atoms with Crippen LogP contribution in [0.1, 0.15) is 43.7 Å². The lowest BCUT2D eigenvalue weighted by Gasteiger charge is -2.31. The third-order valence-corrected chi connectivity index (χ3v) is 8.83. The van der Waals surface area contributed by atoms with E-state index >= 15 is 0 Å². The zero-order valence-corrected chi connectivity index (χ0v) is 23.5. The maximum absolute atomic E-state index is 13.8. The van der Waals surface area contributed by atoms with Gasteiger partial charge in [0, 0.05) is 25.9 Å². The van der Waals surface area contributed by atoms with E-state index in [2.05, 4.69) is 11.4 Å². The number of ether oxygens (including phenoxy) is 2. The molecule has 1 fully saturated rings. The predicted octanol–water partition coefficient (Wildman–Crippen LogP) is 3.80. The van der Waals surface area contributed by atoms with Crippen LogP contribution in [0.5, 0.6) is 0 Å². The average molecular weight is 558 g/mol. The number of sulfonamides is 1. The fraction of sp³-hybridized carbons (Fsp3) is 0.517. The SMILES string of the molecule is CCC(CCC#N)CN(CC(O)[C@H](Cc1ccccc1)NC(=O)OC1CCOC1)S(=O)(=O)c1ccc(C)cc1. The molecule has 2 aromatic rings. The second-order valence-corrected chi connectivity index (χ2v) is 11.9. The lowest BCUT2D eigenvalue weighted by molar-refractivity contribution is 0.0640. The van der Waals surface area contributed by atoms with Crippen molar-refractivity contribution < 1.29 is 27.8 Å². The first-order valence-corrected chi connectivity index (χ1v) is 14.9. The maximum atomic E-state index is 13.8. The second kappa shape index (κ2) is 15.0. The molecular weight excluding hydrogens is 518 g/mol. The van der Waals surface area contributed by atoms with Crippen LogP contribution >= 0.6 is 0 Å². The summed E-state index contributed by atoms with van der Waals surface area (Å²) in [6.45, 7) is 4.59. The molecule has 212 valence electrons. The lowest BCUT2D eigenvalue weighted by atomic mass is 9.99. The third-order valence-electron chi connectivity index (χ3n) is 6.98. The van der Waals surface area contributed by atoms with Gasteiger partial charge >= 0.3 is 6.09 Å². The van der Waals surface area contributed by atoms with Crippen molar-refractivity contribution in [2.45, 2.75) is 69.1 Å². The van der Waals surface area contributed by atoms with Gasteiger partial charge in [-0.1, -0.05) is 61.4 Å². The highest BCUT2D eigenvalue weighted by Crippen LogP contribution is 2.22. The van der Waals surface area contributed by atoms with Crippen LogP contribution < -0.4 is 5.32 Å². The molecule has 9 nitrogen and oxygen atoms in total. The Bertz CT molecular complexity index is 1180. The van der Waals surface area contributed by atoms with Crippen molar-refractivity contribution in [3.63, 3.8) is 0 Å². The van der Waals surface area contributed by atoms with Gasteiger partial charge in [-0.05, 0) is 43.4 Å². The van der Waals surface area contributed by atoms with Gasteiger partial charge in [0.1, 0.15) is 6.10 Å². The van der Waals surface area contributed by atoms with Gasteiger partial charge in [0.2, 0.25) is 10.0 Å². The molecule has 0 aliphatic carbocycles. The Balaban J connectivity index is 1.85. The molecule has 3 rings (SSSR count). The number of amides is 1. The number of aliphatic hydroxyl groups excluding tert-OH is 1. The largest absolute Gasteiger partial charge is 0.444 e. The topological polar surface area (TPSA) is 129 Å². The number of carbonyl (C=O) groups excluding carboxylic acids is 1. The molecule has 0 saturated carbocycles. The van der Waals surface area contributed by atoms with Gasteiger partial charge in [-0.15, -0.1) is 0 Å². The van der Waals surface area contributed by atoms with Crippen molar-refractivity contribution in [3.8, 4) is 6.07 Å². The van der Waals surface area contributed by atoms with Gasteiger partial charge in [0.15, 0.2) is 0 Å². The van der Waals surface area contributed by atoms with Gasteiger partial charge in [0.25, 0.3) is 0 Å². The molecule has 1 amide bonds. The van der Waals surface area contributed by atoms with Crippen molar-refractivity contribution in [2.75, 3.05) is 26.3 Å². The van der Waals surface area contributed by atoms with Crippen LogP contribution in [0.2, 0.25) is 0 Å². The van der Waals surface area contributed by atoms with Crippen LogP contribution in [-0.2, 0) is 25.9 Å². The number of hydrogen-bond acceptors (Lipinski definition) is 7. The van der Waals surface area contributed by atoms with Gasteiger partial charge in [-0.25, -0.2) is 13.2 Å². The number of carbonyl (C=O) groups is 1. The van der Waals surface area contributed by atoms with Crippen LogP contribution in [0.15, 0.2) is 59.5 Å². The Kier molecular flexibility index (Phi) is 11.7. The first kappa shape index (κ1) is 30.6. The molecule has 3 unspecified atom stereocenters. The van der Waals surface area contributed by atoms with E-state index in [0.29, 0.717) is 38.9 Å². The normalized spacial score (nSPS) is 17.8. The number of nitrogens with zero attached hydrogens (tertiary/aromatic N) is 2. The van der Waals surface area contributed by atoms with E-state index in [4.69, 9.17) is 14.7 Å². The van der Waals surface area contributed by atoms with E-state index in [1.165, 1.54) is 4.31 Å². The molecule has 2 N–H and O–H groups in total. The monoisotopic (exact) mass is 557 g/mol. The van der Waals surface area contributed by atoms with Gasteiger partial charge < -0.3 is 19.9 Å². The fourth-order valence-corrected chi connectivity index (χ4v) is 6.08. The molecule has 39 heavy (non-hydrogen) atoms. The van der Waals surface area contributed by atoms with Crippen LogP contribution in [0, 0.1) is 24.2 Å². The Morgan fingerprint density at radius 1 is 1.21 bits per heavy atom. The lowest BCUT2D eigenvalue weighted by Crippen LogP contribution is -2.51. The summed E-state index contributed by atoms with van der Waals surface area (Å²) < 4.78 is 39.5. The van der Waals surface area contributed by atoms with E-state index < -0.39 is 28.3 Å². The summed E-state index contributed by atoms with van der Waals surface area (Å²) in [5.41, 5.74) is 1.80. The minimum Gasteiger partial charge on any atom is -0.444 e. The number of aliphatic hydroxyl groups is 1. The van der Waals surface area contributed by atoms with Crippen molar-refractivity contribution in [2.24, 2.45) is 5.92 Å². The van der Waals surface area contributed by atoms with E-state index in [-0.39, 0.29) is 36.4 Å². The van der Waals surface area contributed by atoms with Crippen LogP contribution in [0.3, 0.4) is 0 Å². The number of benzene rings is 2. The summed E-state index contributed by atoms with van der Waals surface area (Å²) in [4.78, 5) is 12.8. The Hall–Kier alpha value is -2.97. The van der Waals surface area contributed by atoms with Gasteiger partial charge in [-0.3, -0.25) is 0 Å². The summed E-state index contributed by atoms with van der Waals surface area (Å²) in [6, 6.07) is 17.3. The van der Waals surface area contributed by atoms with Crippen molar-refractivity contribution in [1.29, 1.82) is 5.26 Å². The standard InChI is InChI=1S/C29H39N3O6S/c1-3-23(10-7-16-30)19-32(39(35,36)26-13-11-22(2)12-14-26)20-28(33)27(18-24-8-5-4-6-9-24)31-29(34)38-25-15-17-37-21-25/h4-6,8-9,11-14,23,25,27-28,33H,3,7,10,15,17-21H2,1-2H3,(H,31,34)/t23?,25?,27-,28?/m0/s1. The molecule has 1 heterocycles. The molecule has 1 aliphatic heterocycles. The molecule has 4 atom stereocenters. The van der Waals surface area contributed by atoms with Crippen LogP contribution in [0.4, 0.5) is 4.79 Å². The first-order valence-electron chi connectivity index (χ1n) is 13.4. The van der Waals surface area contributed by atoms with Crippen molar-refractivity contribution >= 4 is 16.1 Å². The predicted molar refractivity (Wildman–Crippen MR) is 147 cm³/mol. The van der Waals surface area contributed by atoms with E-state index in [1.807, 2.05) is 44.2 Å². The number of aryl methyl sites for hydroxylation is 1. The molecule has 1 saturated heterocycles. The summed E-state index contributed by atoms with van der Waals surface area (Å²) in [5.74, 6) is -0.0649. The molecular formula is C29H39N3O6S. The fourth-order valence-electron chi connectivity index (χ4n) is 4.54. The van der Waals surface area contributed by atoms with Crippen molar-refractivity contribution in [3.05, 3.63) is 65.7 Å². The van der Waals surface area contributed by atoms with Gasteiger partial charge in [-0.2, -0.15) is 9.57 Å². The molecule has 2 aromatic carbocycles. The average Bonchev–Trinajstić information content (AvgIpc) is 3.43. The van der Waals surface area contributed by atoms with E-state index in [0.717, 1.165) is 11.1 Å². The summed E-state index contributed by atoms with van der Waals surface area (Å²) >= 11 is 0. The zero-order chi connectivity index (χ0) is 28.3. The number of hydrogen-bond donors (Lipinski definition) is 2. The third kappa shape index (κ3) is 9.32. The molecule has 0 spiro atoms. The molecule has 1 aliphatic rings. The van der Waals surface area contributed by atoms with E-state index in [9.17, 15) is 18.3 Å². The molecule has 0 aromatic heterocycles. The summed E-state index contributed by atoms with van der Waals surface area (Å²) in [5, 5.41) is 23.3. The first-order chi connectivity index (χ1) is 18.7. The smallest absolute Gasteiger partial charge is 0.407 e. The van der Waals surface area contributed by atoms with E-state index in [1.54, 1.807) is 24.3 Å². The summed E-state index contributed by atoms with van der Waals surface area (Å²) in [7, 11) is -3.97. The van der Waals surface area contributed by atoms with Crippen molar-refractivity contribution in [1.82, 2.24) is 9.62 Å². The highest BCUT2D eigenvalue weighted by molar-refractivity contribution is 7.89. The highest BCUT2D eigenvalue weighted by Gasteiger charge is 2.33. The number of nitrogens with one attached hydrogen (secondary N) is 1.